The lowest BCUT2D eigenvalue weighted by atomic mass is 9.93. The summed E-state index contributed by atoms with van der Waals surface area (Å²) >= 11 is 0. The molecule has 1 unspecified atom stereocenters. The molecule has 4 heteroatoms. The van der Waals surface area contributed by atoms with Crippen molar-refractivity contribution in [3.05, 3.63) is 29.6 Å². The van der Waals surface area contributed by atoms with Crippen LogP contribution in [0.2, 0.25) is 0 Å². The molecule has 0 aliphatic carbocycles. The first-order valence-corrected chi connectivity index (χ1v) is 6.10. The molecule has 0 aromatic heterocycles. The molecule has 0 bridgehead atoms. The fourth-order valence-electron chi connectivity index (χ4n) is 2.31. The number of benzene rings is 1. The van der Waals surface area contributed by atoms with Gasteiger partial charge in [0.15, 0.2) is 0 Å². The normalized spacial score (nSPS) is 22.2. The first-order chi connectivity index (χ1) is 8.50. The van der Waals surface area contributed by atoms with Crippen molar-refractivity contribution in [1.29, 1.82) is 5.26 Å². The summed E-state index contributed by atoms with van der Waals surface area (Å²) in [5, 5.41) is 12.3. The summed E-state index contributed by atoms with van der Waals surface area (Å²) in [5.41, 5.74) is 0.892. The number of nitrogens with zero attached hydrogens (tertiary/aromatic N) is 1. The maximum atomic E-state index is 13.0. The van der Waals surface area contributed by atoms with Gasteiger partial charge >= 0.3 is 0 Å². The Balaban J connectivity index is 2.12. The van der Waals surface area contributed by atoms with E-state index in [1.54, 1.807) is 6.07 Å². The SMILES string of the molecule is CC1(C)CC(Nc2ccc(F)cc2C#N)CCO1. The average molecular weight is 248 g/mol. The molecule has 0 spiro atoms. The monoisotopic (exact) mass is 248 g/mol. The summed E-state index contributed by atoms with van der Waals surface area (Å²) in [6, 6.07) is 6.52. The van der Waals surface area contributed by atoms with E-state index in [0.29, 0.717) is 17.9 Å². The third-order valence-electron chi connectivity index (χ3n) is 3.16. The van der Waals surface area contributed by atoms with Gasteiger partial charge in [-0.3, -0.25) is 0 Å². The molecule has 1 aromatic carbocycles. The number of rotatable bonds is 2. The highest BCUT2D eigenvalue weighted by atomic mass is 19.1. The van der Waals surface area contributed by atoms with E-state index < -0.39 is 0 Å². The van der Waals surface area contributed by atoms with E-state index in [2.05, 4.69) is 19.2 Å². The van der Waals surface area contributed by atoms with E-state index in [-0.39, 0.29) is 17.5 Å². The molecule has 1 saturated heterocycles. The van der Waals surface area contributed by atoms with Crippen LogP contribution in [0.3, 0.4) is 0 Å². The molecule has 1 N–H and O–H groups in total. The van der Waals surface area contributed by atoms with Crippen LogP contribution in [-0.2, 0) is 4.74 Å². The lowest BCUT2D eigenvalue weighted by Gasteiger charge is -2.36. The van der Waals surface area contributed by atoms with E-state index >= 15 is 0 Å². The summed E-state index contributed by atoms with van der Waals surface area (Å²) in [4.78, 5) is 0. The maximum Gasteiger partial charge on any atom is 0.124 e. The Morgan fingerprint density at radius 1 is 1.50 bits per heavy atom. The number of halogens is 1. The molecule has 1 atom stereocenters. The van der Waals surface area contributed by atoms with E-state index in [1.165, 1.54) is 12.1 Å². The molecule has 18 heavy (non-hydrogen) atoms. The van der Waals surface area contributed by atoms with Crippen molar-refractivity contribution in [3.8, 4) is 6.07 Å². The van der Waals surface area contributed by atoms with Crippen LogP contribution in [0.5, 0.6) is 0 Å². The van der Waals surface area contributed by atoms with Crippen molar-refractivity contribution >= 4 is 5.69 Å². The third kappa shape index (κ3) is 2.99. The summed E-state index contributed by atoms with van der Waals surface area (Å²) in [6.45, 7) is 4.81. The Morgan fingerprint density at radius 2 is 2.28 bits per heavy atom. The highest BCUT2D eigenvalue weighted by Crippen LogP contribution is 2.27. The standard InChI is InChI=1S/C14H17FN2O/c1-14(2)8-12(5-6-18-14)17-13-4-3-11(15)7-10(13)9-16/h3-4,7,12,17H,5-6,8H2,1-2H3. The van der Waals surface area contributed by atoms with Gasteiger partial charge in [-0.1, -0.05) is 0 Å². The Hall–Kier alpha value is -1.60. The molecule has 96 valence electrons. The average Bonchev–Trinajstić information content (AvgIpc) is 2.30. The smallest absolute Gasteiger partial charge is 0.124 e. The molecular weight excluding hydrogens is 231 g/mol. The first-order valence-electron chi connectivity index (χ1n) is 6.10. The zero-order valence-corrected chi connectivity index (χ0v) is 10.7. The van der Waals surface area contributed by atoms with Crippen LogP contribution in [0.25, 0.3) is 0 Å². The van der Waals surface area contributed by atoms with E-state index in [0.717, 1.165) is 12.8 Å². The van der Waals surface area contributed by atoms with Crippen molar-refractivity contribution < 1.29 is 9.13 Å². The van der Waals surface area contributed by atoms with Gasteiger partial charge in [-0.05, 0) is 44.9 Å². The number of nitrogens with one attached hydrogen (secondary N) is 1. The molecule has 0 radical (unpaired) electrons. The number of nitriles is 1. The van der Waals surface area contributed by atoms with Gasteiger partial charge in [0.2, 0.25) is 0 Å². The Kier molecular flexibility index (Phi) is 3.53. The largest absolute Gasteiger partial charge is 0.381 e. The predicted octanol–water partition coefficient (Wildman–Crippen LogP) is 3.07. The van der Waals surface area contributed by atoms with Crippen LogP contribution >= 0.6 is 0 Å². The predicted molar refractivity (Wildman–Crippen MR) is 67.8 cm³/mol. The van der Waals surface area contributed by atoms with Gasteiger partial charge in [-0.25, -0.2) is 4.39 Å². The zero-order chi connectivity index (χ0) is 13.2. The van der Waals surface area contributed by atoms with E-state index in [4.69, 9.17) is 10.00 Å². The van der Waals surface area contributed by atoms with Gasteiger partial charge in [-0.2, -0.15) is 5.26 Å². The van der Waals surface area contributed by atoms with Crippen molar-refractivity contribution in [1.82, 2.24) is 0 Å². The Labute approximate surface area is 107 Å². The van der Waals surface area contributed by atoms with Crippen LogP contribution in [0.15, 0.2) is 18.2 Å². The molecule has 3 nitrogen and oxygen atoms in total. The van der Waals surface area contributed by atoms with Gasteiger partial charge < -0.3 is 10.1 Å². The summed E-state index contributed by atoms with van der Waals surface area (Å²) in [6.07, 6.45) is 1.76. The molecular formula is C14H17FN2O. The minimum absolute atomic E-state index is 0.150. The molecule has 1 aliphatic heterocycles. The minimum atomic E-state index is -0.385. The molecule has 0 amide bonds. The topological polar surface area (TPSA) is 45.0 Å². The lowest BCUT2D eigenvalue weighted by Crippen LogP contribution is -2.40. The fourth-order valence-corrected chi connectivity index (χ4v) is 2.31. The molecule has 1 fully saturated rings. The molecule has 1 aliphatic rings. The van der Waals surface area contributed by atoms with E-state index in [1.807, 2.05) is 6.07 Å². The number of anilines is 1. The van der Waals surface area contributed by atoms with Crippen LogP contribution in [0, 0.1) is 17.1 Å². The van der Waals surface area contributed by atoms with Gasteiger partial charge in [0.1, 0.15) is 11.9 Å². The highest BCUT2D eigenvalue weighted by Gasteiger charge is 2.28. The van der Waals surface area contributed by atoms with Gasteiger partial charge in [0.25, 0.3) is 0 Å². The number of hydrogen-bond acceptors (Lipinski definition) is 3. The second kappa shape index (κ2) is 4.95. The van der Waals surface area contributed by atoms with E-state index in [9.17, 15) is 4.39 Å². The van der Waals surface area contributed by atoms with Gasteiger partial charge in [-0.15, -0.1) is 0 Å². The third-order valence-corrected chi connectivity index (χ3v) is 3.16. The number of ether oxygens (including phenoxy) is 1. The lowest BCUT2D eigenvalue weighted by molar-refractivity contribution is -0.0553. The molecule has 2 rings (SSSR count). The summed E-state index contributed by atoms with van der Waals surface area (Å²) in [5.74, 6) is -0.385. The van der Waals surface area contributed by atoms with Crippen LogP contribution < -0.4 is 5.32 Å². The second-order valence-electron chi connectivity index (χ2n) is 5.24. The van der Waals surface area contributed by atoms with Crippen LogP contribution in [-0.4, -0.2) is 18.2 Å². The van der Waals surface area contributed by atoms with Gasteiger partial charge in [0.05, 0.1) is 16.9 Å². The Bertz CT molecular complexity index is 479. The van der Waals surface area contributed by atoms with Gasteiger partial charge in [0, 0.05) is 12.6 Å². The van der Waals surface area contributed by atoms with Crippen molar-refractivity contribution in [2.75, 3.05) is 11.9 Å². The molecule has 0 saturated carbocycles. The summed E-state index contributed by atoms with van der Waals surface area (Å²) < 4.78 is 18.7. The first kappa shape index (κ1) is 12.8. The van der Waals surface area contributed by atoms with Crippen molar-refractivity contribution in [3.63, 3.8) is 0 Å². The zero-order valence-electron chi connectivity index (χ0n) is 10.7. The van der Waals surface area contributed by atoms with Crippen LogP contribution in [0.4, 0.5) is 10.1 Å². The van der Waals surface area contributed by atoms with Crippen molar-refractivity contribution in [2.24, 2.45) is 0 Å². The fraction of sp³-hybridized carbons (Fsp3) is 0.500. The van der Waals surface area contributed by atoms with Crippen LogP contribution in [0.1, 0.15) is 32.3 Å². The molecule has 1 aromatic rings. The second-order valence-corrected chi connectivity index (χ2v) is 5.24. The highest BCUT2D eigenvalue weighted by molar-refractivity contribution is 5.58. The summed E-state index contributed by atoms with van der Waals surface area (Å²) in [7, 11) is 0. The Morgan fingerprint density at radius 3 is 2.94 bits per heavy atom. The quantitative estimate of drug-likeness (QED) is 0.874. The maximum absolute atomic E-state index is 13.0. The number of hydrogen-bond donors (Lipinski definition) is 1. The minimum Gasteiger partial charge on any atom is -0.381 e. The molecule has 1 heterocycles. The van der Waals surface area contributed by atoms with Crippen molar-refractivity contribution in [2.45, 2.75) is 38.3 Å².